The molecule has 7 nitrogen and oxygen atoms in total. The third kappa shape index (κ3) is 4.35. The van der Waals surface area contributed by atoms with Gasteiger partial charge >= 0.3 is 0 Å². The van der Waals surface area contributed by atoms with Crippen LogP contribution in [0.4, 0.5) is 0 Å². The highest BCUT2D eigenvalue weighted by Crippen LogP contribution is 2.17. The molecule has 4 rings (SSSR count). The largest absolute Gasteiger partial charge is 0.619 e. The van der Waals surface area contributed by atoms with Gasteiger partial charge in [-0.1, -0.05) is 17.9 Å². The molecule has 0 unspecified atom stereocenters. The highest BCUT2D eigenvalue weighted by molar-refractivity contribution is 5.97. The van der Waals surface area contributed by atoms with E-state index in [0.29, 0.717) is 32.6 Å². The molecule has 158 valence electrons. The zero-order valence-electron chi connectivity index (χ0n) is 17.6. The Morgan fingerprint density at radius 1 is 1.12 bits per heavy atom. The number of hydrogen-bond donors (Lipinski definition) is 1. The van der Waals surface area contributed by atoms with Gasteiger partial charge in [-0.2, -0.15) is 4.73 Å². The number of pyridine rings is 3. The fraction of sp³-hybridized carbons (Fsp3) is 0.120. The Bertz CT molecular complexity index is 1450. The van der Waals surface area contributed by atoms with Gasteiger partial charge in [0.25, 0.3) is 5.91 Å². The maximum Gasteiger partial charge on any atom is 0.256 e. The van der Waals surface area contributed by atoms with Crippen LogP contribution in [-0.4, -0.2) is 21.5 Å². The molecule has 0 saturated heterocycles. The van der Waals surface area contributed by atoms with Crippen molar-refractivity contribution in [3.05, 3.63) is 105 Å². The molecule has 0 saturated carbocycles. The van der Waals surface area contributed by atoms with Crippen LogP contribution in [0, 0.1) is 17.0 Å². The zero-order valence-corrected chi connectivity index (χ0v) is 17.6. The number of rotatable bonds is 3. The summed E-state index contributed by atoms with van der Waals surface area (Å²) in [6.45, 7) is 3.67. The van der Waals surface area contributed by atoms with E-state index in [-0.39, 0.29) is 17.0 Å². The van der Waals surface area contributed by atoms with Crippen molar-refractivity contribution < 1.29 is 9.52 Å². The first-order valence-electron chi connectivity index (χ1n) is 10.0. The van der Waals surface area contributed by atoms with E-state index in [0.717, 1.165) is 0 Å². The van der Waals surface area contributed by atoms with Gasteiger partial charge in [-0.3, -0.25) is 9.59 Å². The molecule has 0 spiro atoms. The van der Waals surface area contributed by atoms with Gasteiger partial charge in [0, 0.05) is 35.8 Å². The molecule has 4 aromatic rings. The molecule has 3 heterocycles. The maximum absolute atomic E-state index is 12.9. The first-order valence-corrected chi connectivity index (χ1v) is 10.0. The van der Waals surface area contributed by atoms with E-state index in [4.69, 9.17) is 0 Å². The number of carbonyl (C=O) groups is 1. The molecule has 0 aliphatic heterocycles. The van der Waals surface area contributed by atoms with E-state index in [1.165, 1.54) is 18.6 Å². The third-order valence-electron chi connectivity index (χ3n) is 4.68. The molecular formula is C25H20N4O3. The van der Waals surface area contributed by atoms with Crippen LogP contribution >= 0.6 is 0 Å². The molecule has 32 heavy (non-hydrogen) atoms. The topological polar surface area (TPSA) is 90.9 Å². The van der Waals surface area contributed by atoms with Gasteiger partial charge < -0.3 is 15.1 Å². The molecule has 0 bridgehead atoms. The Morgan fingerprint density at radius 2 is 1.91 bits per heavy atom. The van der Waals surface area contributed by atoms with Gasteiger partial charge in [0.15, 0.2) is 12.4 Å². The van der Waals surface area contributed by atoms with Crippen molar-refractivity contribution in [3.8, 4) is 17.5 Å². The summed E-state index contributed by atoms with van der Waals surface area (Å²) in [6, 6.07) is 14.0. The highest BCUT2D eigenvalue weighted by Gasteiger charge is 2.17. The fourth-order valence-electron chi connectivity index (χ4n) is 3.27. The Hall–Kier alpha value is -4.44. The number of hydrogen-bond acceptors (Lipinski definition) is 4. The summed E-state index contributed by atoms with van der Waals surface area (Å²) in [6.07, 6.45) is 5.91. The van der Waals surface area contributed by atoms with Crippen LogP contribution < -0.4 is 15.5 Å². The molecule has 1 N–H and O–H groups in total. The standard InChI is InChI=1S/C25H20N4O3/c1-17(2)27-25(31)22-16-29(24-21(23(22)30)9-4-12-26-24)20-8-3-6-18(14-20)10-11-19-7-5-13-28(32)15-19/h3-9,12-17H,1-2H3,(H,27,31). The fourth-order valence-corrected chi connectivity index (χ4v) is 3.27. The van der Waals surface area contributed by atoms with Crippen LogP contribution in [0.3, 0.4) is 0 Å². The Kier molecular flexibility index (Phi) is 5.69. The average molecular weight is 424 g/mol. The summed E-state index contributed by atoms with van der Waals surface area (Å²) < 4.78 is 2.41. The molecule has 0 fully saturated rings. The number of aromatic nitrogens is 3. The summed E-state index contributed by atoms with van der Waals surface area (Å²) >= 11 is 0. The molecule has 1 amide bonds. The third-order valence-corrected chi connectivity index (χ3v) is 4.68. The summed E-state index contributed by atoms with van der Waals surface area (Å²) in [7, 11) is 0. The first kappa shape index (κ1) is 20.8. The molecule has 1 aromatic carbocycles. The van der Waals surface area contributed by atoms with Crippen LogP contribution in [0.25, 0.3) is 16.7 Å². The Labute approximate surface area is 184 Å². The van der Waals surface area contributed by atoms with Crippen molar-refractivity contribution in [2.24, 2.45) is 0 Å². The molecule has 7 heteroatoms. The Morgan fingerprint density at radius 3 is 2.69 bits per heavy atom. The second-order valence-corrected chi connectivity index (χ2v) is 7.50. The van der Waals surface area contributed by atoms with Crippen molar-refractivity contribution in [2.75, 3.05) is 0 Å². The molecule has 0 aliphatic carbocycles. The van der Waals surface area contributed by atoms with Gasteiger partial charge in [-0.25, -0.2) is 4.98 Å². The van der Waals surface area contributed by atoms with Crippen LogP contribution in [0.2, 0.25) is 0 Å². The van der Waals surface area contributed by atoms with Crippen LogP contribution in [0.15, 0.2) is 78.1 Å². The normalized spacial score (nSPS) is 10.6. The molecule has 0 atom stereocenters. The Balaban J connectivity index is 1.83. The summed E-state index contributed by atoms with van der Waals surface area (Å²) in [5.74, 6) is 5.58. The van der Waals surface area contributed by atoms with E-state index < -0.39 is 5.91 Å². The smallest absolute Gasteiger partial charge is 0.256 e. The molecule has 0 radical (unpaired) electrons. The van der Waals surface area contributed by atoms with Crippen molar-refractivity contribution in [2.45, 2.75) is 19.9 Å². The maximum atomic E-state index is 12.9. The van der Waals surface area contributed by atoms with Crippen LogP contribution in [0.1, 0.15) is 35.3 Å². The summed E-state index contributed by atoms with van der Waals surface area (Å²) in [5, 5.41) is 14.6. The number of nitrogens with zero attached hydrogens (tertiary/aromatic N) is 3. The minimum atomic E-state index is -0.435. The van der Waals surface area contributed by atoms with Gasteiger partial charge in [-0.15, -0.1) is 0 Å². The average Bonchev–Trinajstić information content (AvgIpc) is 2.78. The molecular weight excluding hydrogens is 404 g/mol. The second kappa shape index (κ2) is 8.74. The lowest BCUT2D eigenvalue weighted by Crippen LogP contribution is -2.34. The van der Waals surface area contributed by atoms with E-state index in [1.807, 2.05) is 38.1 Å². The monoisotopic (exact) mass is 424 g/mol. The second-order valence-electron chi connectivity index (χ2n) is 7.50. The molecule has 0 aliphatic rings. The van der Waals surface area contributed by atoms with Crippen molar-refractivity contribution in [3.63, 3.8) is 0 Å². The van der Waals surface area contributed by atoms with Crippen LogP contribution in [0.5, 0.6) is 0 Å². The molecule has 3 aromatic heterocycles. The number of carbonyl (C=O) groups excluding carboxylic acids is 1. The summed E-state index contributed by atoms with van der Waals surface area (Å²) in [5.41, 5.74) is 2.12. The number of nitrogens with one attached hydrogen (secondary N) is 1. The van der Waals surface area contributed by atoms with E-state index >= 15 is 0 Å². The summed E-state index contributed by atoms with van der Waals surface area (Å²) in [4.78, 5) is 30.0. The highest BCUT2D eigenvalue weighted by atomic mass is 16.5. The predicted molar refractivity (Wildman–Crippen MR) is 121 cm³/mol. The predicted octanol–water partition coefficient (Wildman–Crippen LogP) is 2.56. The number of benzene rings is 1. The minimum absolute atomic E-state index is 0.0416. The lowest BCUT2D eigenvalue weighted by Gasteiger charge is -2.14. The number of fused-ring (bicyclic) bond motifs is 1. The van der Waals surface area contributed by atoms with Gasteiger partial charge in [-0.05, 0) is 50.2 Å². The lowest BCUT2D eigenvalue weighted by molar-refractivity contribution is -0.605. The van der Waals surface area contributed by atoms with E-state index in [2.05, 4.69) is 22.1 Å². The van der Waals surface area contributed by atoms with Gasteiger partial charge in [0.1, 0.15) is 11.2 Å². The van der Waals surface area contributed by atoms with E-state index in [9.17, 15) is 14.8 Å². The van der Waals surface area contributed by atoms with Crippen molar-refractivity contribution >= 4 is 16.9 Å². The SMILES string of the molecule is CC(C)NC(=O)c1cn(-c2cccc(C#Cc3ccc[n+]([O-])c3)c2)c2ncccc2c1=O. The lowest BCUT2D eigenvalue weighted by atomic mass is 10.1. The first-order chi connectivity index (χ1) is 15.4. The van der Waals surface area contributed by atoms with Crippen molar-refractivity contribution in [1.82, 2.24) is 14.9 Å². The van der Waals surface area contributed by atoms with Crippen LogP contribution in [-0.2, 0) is 0 Å². The quantitative estimate of drug-likeness (QED) is 0.311. The van der Waals surface area contributed by atoms with Gasteiger partial charge in [0.2, 0.25) is 5.43 Å². The van der Waals surface area contributed by atoms with E-state index in [1.54, 1.807) is 35.0 Å². The minimum Gasteiger partial charge on any atom is -0.619 e. The zero-order chi connectivity index (χ0) is 22.7. The number of amides is 1. The van der Waals surface area contributed by atoms with Gasteiger partial charge in [0.05, 0.1) is 10.9 Å². The van der Waals surface area contributed by atoms with Crippen molar-refractivity contribution in [1.29, 1.82) is 0 Å².